The first-order valence-electron chi connectivity index (χ1n) is 9.82. The summed E-state index contributed by atoms with van der Waals surface area (Å²) in [5, 5.41) is 34.9. The molecule has 0 saturated carbocycles. The van der Waals surface area contributed by atoms with Crippen LogP contribution in [0.3, 0.4) is 0 Å². The van der Waals surface area contributed by atoms with Crippen LogP contribution in [0.2, 0.25) is 0 Å². The zero-order valence-electron chi connectivity index (χ0n) is 18.1. The zero-order valence-corrected chi connectivity index (χ0v) is 18.1. The third-order valence-electron chi connectivity index (χ3n) is 4.20. The van der Waals surface area contributed by atoms with E-state index in [9.17, 15) is 39.3 Å². The Balaban J connectivity index is 5.13. The summed E-state index contributed by atoms with van der Waals surface area (Å²) in [4.78, 5) is 62.8. The van der Waals surface area contributed by atoms with E-state index in [4.69, 9.17) is 22.9 Å². The Labute approximate surface area is 189 Å². The first-order chi connectivity index (χ1) is 15.3. The van der Waals surface area contributed by atoms with Gasteiger partial charge < -0.3 is 54.2 Å². The molecule has 0 aliphatic carbocycles. The Morgan fingerprint density at radius 1 is 0.939 bits per heavy atom. The molecule has 0 aliphatic heterocycles. The van der Waals surface area contributed by atoms with Gasteiger partial charge in [-0.2, -0.15) is 0 Å². The highest BCUT2D eigenvalue weighted by Gasteiger charge is 2.32. The highest BCUT2D eigenvalue weighted by atomic mass is 16.4. The number of carbonyl (C=O) groups is 5. The molecule has 0 heterocycles. The third-order valence-corrected chi connectivity index (χ3v) is 4.20. The molecule has 16 heteroatoms. The second-order valence-corrected chi connectivity index (χ2v) is 7.10. The van der Waals surface area contributed by atoms with Gasteiger partial charge in [0.25, 0.3) is 0 Å². The molecule has 188 valence electrons. The van der Waals surface area contributed by atoms with E-state index in [0.717, 1.165) is 6.92 Å². The van der Waals surface area contributed by atoms with Crippen molar-refractivity contribution in [3.8, 4) is 0 Å². The van der Waals surface area contributed by atoms with Crippen molar-refractivity contribution in [3.05, 3.63) is 0 Å². The molecule has 0 aromatic heterocycles. The van der Waals surface area contributed by atoms with Crippen molar-refractivity contribution in [2.24, 2.45) is 27.9 Å². The lowest BCUT2D eigenvalue weighted by Crippen LogP contribution is -2.60. The van der Waals surface area contributed by atoms with Crippen molar-refractivity contribution in [1.29, 1.82) is 0 Å². The molecule has 0 spiro atoms. The van der Waals surface area contributed by atoms with Gasteiger partial charge in [-0.25, -0.2) is 4.79 Å². The molecule has 0 saturated heterocycles. The van der Waals surface area contributed by atoms with Gasteiger partial charge in [0.2, 0.25) is 23.6 Å². The van der Waals surface area contributed by atoms with Crippen molar-refractivity contribution >= 4 is 35.6 Å². The van der Waals surface area contributed by atoms with Gasteiger partial charge in [0.05, 0.1) is 25.2 Å². The van der Waals surface area contributed by atoms with Gasteiger partial charge in [0.1, 0.15) is 18.1 Å². The average molecular weight is 476 g/mol. The first-order valence-corrected chi connectivity index (χ1v) is 9.82. The molecule has 0 fully saturated rings. The van der Waals surface area contributed by atoms with E-state index in [0.29, 0.717) is 0 Å². The Kier molecular flexibility index (Phi) is 13.0. The summed E-state index contributed by atoms with van der Waals surface area (Å²) in [5.74, 6) is -5.47. The molecule has 0 aromatic rings. The number of carbonyl (C=O) groups excluding carboxylic acids is 4. The first kappa shape index (κ1) is 29.5. The van der Waals surface area contributed by atoms with Gasteiger partial charge in [-0.05, 0) is 19.8 Å². The van der Waals surface area contributed by atoms with Crippen LogP contribution in [0.4, 0.5) is 0 Å². The number of guanidine groups is 1. The largest absolute Gasteiger partial charge is 0.480 e. The van der Waals surface area contributed by atoms with Crippen LogP contribution in [0, 0.1) is 0 Å². The Bertz CT molecular complexity index is 741. The standard InChI is InChI=1S/C17H32N8O8/c1-7(27)12(25-13(29)8(18)5-11(19)28)15(31)24-10(6-26)14(30)23-9(16(32)33)3-2-4-22-17(20)21/h7-10,12,26-27H,2-6,18H2,1H3,(H2,19,28)(H,23,30)(H,24,31)(H,25,29)(H,32,33)(H4,20,21,22). The maximum Gasteiger partial charge on any atom is 0.326 e. The molecular formula is C17H32N8O8. The van der Waals surface area contributed by atoms with Crippen LogP contribution in [-0.4, -0.2) is 94.3 Å². The Morgan fingerprint density at radius 2 is 1.52 bits per heavy atom. The minimum Gasteiger partial charge on any atom is -0.480 e. The number of nitrogens with zero attached hydrogens (tertiary/aromatic N) is 1. The number of carboxylic acid groups (broad SMARTS) is 1. The molecule has 0 bridgehead atoms. The number of aliphatic imine (C=N–C) groups is 1. The van der Waals surface area contributed by atoms with Crippen LogP contribution in [0.25, 0.3) is 0 Å². The molecular weight excluding hydrogens is 444 g/mol. The lowest BCUT2D eigenvalue weighted by atomic mass is 10.1. The molecule has 0 radical (unpaired) electrons. The Morgan fingerprint density at radius 3 is 1.97 bits per heavy atom. The van der Waals surface area contributed by atoms with Gasteiger partial charge in [-0.3, -0.25) is 24.2 Å². The zero-order chi connectivity index (χ0) is 25.7. The third kappa shape index (κ3) is 11.6. The number of hydrogen-bond acceptors (Lipinski definition) is 9. The number of aliphatic hydroxyl groups is 2. The monoisotopic (exact) mass is 476 g/mol. The fraction of sp³-hybridized carbons (Fsp3) is 0.647. The maximum atomic E-state index is 12.5. The summed E-state index contributed by atoms with van der Waals surface area (Å²) in [5.41, 5.74) is 20.8. The minimum absolute atomic E-state index is 0.0476. The van der Waals surface area contributed by atoms with Crippen molar-refractivity contribution in [3.63, 3.8) is 0 Å². The van der Waals surface area contributed by atoms with Gasteiger partial charge in [-0.1, -0.05) is 0 Å². The van der Waals surface area contributed by atoms with E-state index in [1.807, 2.05) is 0 Å². The van der Waals surface area contributed by atoms with Gasteiger partial charge in [0, 0.05) is 6.54 Å². The predicted molar refractivity (Wildman–Crippen MR) is 114 cm³/mol. The molecule has 14 N–H and O–H groups in total. The Hall–Kier alpha value is -3.50. The number of rotatable bonds is 15. The van der Waals surface area contributed by atoms with Crippen LogP contribution in [-0.2, 0) is 24.0 Å². The van der Waals surface area contributed by atoms with Crippen molar-refractivity contribution in [2.45, 2.75) is 56.5 Å². The molecule has 5 atom stereocenters. The number of nitrogens with two attached hydrogens (primary N) is 4. The van der Waals surface area contributed by atoms with Crippen molar-refractivity contribution < 1.29 is 39.3 Å². The molecule has 0 aliphatic rings. The van der Waals surface area contributed by atoms with Crippen LogP contribution >= 0.6 is 0 Å². The number of amides is 4. The van der Waals surface area contributed by atoms with Crippen LogP contribution < -0.4 is 38.9 Å². The molecule has 0 aromatic carbocycles. The number of aliphatic hydroxyl groups excluding tert-OH is 2. The molecule has 16 nitrogen and oxygen atoms in total. The summed E-state index contributed by atoms with van der Waals surface area (Å²) in [6, 6.07) is -5.96. The van der Waals surface area contributed by atoms with Gasteiger partial charge >= 0.3 is 5.97 Å². The van der Waals surface area contributed by atoms with E-state index in [1.165, 1.54) is 0 Å². The number of nitrogens with one attached hydrogen (secondary N) is 3. The highest BCUT2D eigenvalue weighted by molar-refractivity contribution is 5.95. The van der Waals surface area contributed by atoms with Gasteiger partial charge in [0.15, 0.2) is 5.96 Å². The van der Waals surface area contributed by atoms with Crippen molar-refractivity contribution in [1.82, 2.24) is 16.0 Å². The summed E-state index contributed by atoms with van der Waals surface area (Å²) in [6.07, 6.45) is -1.80. The van der Waals surface area contributed by atoms with Crippen LogP contribution in [0.5, 0.6) is 0 Å². The average Bonchev–Trinajstić information content (AvgIpc) is 2.70. The number of primary amides is 1. The maximum absolute atomic E-state index is 12.5. The SMILES string of the molecule is CC(O)C(NC(=O)C(N)CC(N)=O)C(=O)NC(CO)C(=O)NC(CCCN=C(N)N)C(=O)O. The summed E-state index contributed by atoms with van der Waals surface area (Å²) >= 11 is 0. The van der Waals surface area contributed by atoms with E-state index >= 15 is 0 Å². The summed E-state index contributed by atoms with van der Waals surface area (Å²) < 4.78 is 0. The molecule has 4 amide bonds. The molecule has 0 rings (SSSR count). The lowest BCUT2D eigenvalue weighted by molar-refractivity contribution is -0.143. The van der Waals surface area contributed by atoms with E-state index in [2.05, 4.69) is 20.9 Å². The lowest BCUT2D eigenvalue weighted by Gasteiger charge is -2.25. The smallest absolute Gasteiger partial charge is 0.326 e. The second-order valence-electron chi connectivity index (χ2n) is 7.10. The van der Waals surface area contributed by atoms with Gasteiger partial charge in [-0.15, -0.1) is 0 Å². The van der Waals surface area contributed by atoms with E-state index in [-0.39, 0.29) is 25.3 Å². The predicted octanol–water partition coefficient (Wildman–Crippen LogP) is -5.85. The van der Waals surface area contributed by atoms with E-state index < -0.39 is 72.9 Å². The molecule has 33 heavy (non-hydrogen) atoms. The number of carboxylic acids is 1. The van der Waals surface area contributed by atoms with E-state index in [1.54, 1.807) is 0 Å². The normalized spacial score (nSPS) is 15.2. The van der Waals surface area contributed by atoms with Crippen LogP contribution in [0.15, 0.2) is 4.99 Å². The second kappa shape index (κ2) is 14.5. The number of aliphatic carboxylic acids is 1. The fourth-order valence-corrected chi connectivity index (χ4v) is 2.46. The summed E-state index contributed by atoms with van der Waals surface area (Å²) in [7, 11) is 0. The topological polar surface area (TPSA) is 299 Å². The minimum atomic E-state index is -1.60. The molecule has 5 unspecified atom stereocenters. The summed E-state index contributed by atoms with van der Waals surface area (Å²) in [6.45, 7) is 0.366. The van der Waals surface area contributed by atoms with Crippen LogP contribution in [0.1, 0.15) is 26.2 Å². The quantitative estimate of drug-likeness (QED) is 0.0602. The highest BCUT2D eigenvalue weighted by Crippen LogP contribution is 2.01. The van der Waals surface area contributed by atoms with Crippen molar-refractivity contribution in [2.75, 3.05) is 13.2 Å². The fourth-order valence-electron chi connectivity index (χ4n) is 2.46. The number of hydrogen-bond donors (Lipinski definition) is 10.